The lowest BCUT2D eigenvalue weighted by molar-refractivity contribution is -0.137. The summed E-state index contributed by atoms with van der Waals surface area (Å²) >= 11 is 1.42. The number of hydrogen-bond donors (Lipinski definition) is 1. The van der Waals surface area contributed by atoms with Gasteiger partial charge in [0.1, 0.15) is 6.54 Å². The van der Waals surface area contributed by atoms with Crippen molar-refractivity contribution in [2.24, 2.45) is 0 Å². The number of carbonyl (C=O) groups excluding carboxylic acids is 2. The quantitative estimate of drug-likeness (QED) is 0.817. The van der Waals surface area contributed by atoms with Crippen LogP contribution in [0.15, 0.2) is 36.5 Å². The number of hydrogen-bond acceptors (Lipinski definition) is 4. The average Bonchev–Trinajstić information content (AvgIpc) is 2.98. The first kappa shape index (κ1) is 19.1. The Morgan fingerprint density at radius 2 is 1.92 bits per heavy atom. The molecule has 0 spiro atoms. The molecule has 0 saturated heterocycles. The number of aromatic nitrogens is 1. The summed E-state index contributed by atoms with van der Waals surface area (Å²) in [6.07, 6.45) is 2.41. The summed E-state index contributed by atoms with van der Waals surface area (Å²) in [5, 5.41) is 3.34. The Balaban J connectivity index is 2.10. The van der Waals surface area contributed by atoms with E-state index in [0.717, 1.165) is 10.4 Å². The molecular weight excluding hydrogens is 334 g/mol. The Morgan fingerprint density at radius 3 is 2.44 bits per heavy atom. The molecule has 1 unspecified atom stereocenters. The van der Waals surface area contributed by atoms with Crippen molar-refractivity contribution in [2.45, 2.75) is 46.1 Å². The zero-order valence-corrected chi connectivity index (χ0v) is 16.0. The molecule has 0 bridgehead atoms. The van der Waals surface area contributed by atoms with Crippen LogP contribution >= 0.6 is 11.3 Å². The summed E-state index contributed by atoms with van der Waals surface area (Å²) in [7, 11) is 0. The molecule has 5 nitrogen and oxygen atoms in total. The smallest absolute Gasteiger partial charge is 0.245 e. The number of aryl methyl sites for hydroxylation is 1. The van der Waals surface area contributed by atoms with Gasteiger partial charge in [0, 0.05) is 17.1 Å². The van der Waals surface area contributed by atoms with E-state index in [1.54, 1.807) is 11.1 Å². The number of thiazole rings is 1. The van der Waals surface area contributed by atoms with Crippen molar-refractivity contribution >= 4 is 28.3 Å². The largest absolute Gasteiger partial charge is 0.330 e. The highest BCUT2D eigenvalue weighted by Gasteiger charge is 2.27. The maximum absolute atomic E-state index is 13.0. The van der Waals surface area contributed by atoms with Crippen LogP contribution in [0.1, 0.15) is 43.6 Å². The number of nitrogens with zero attached hydrogens (tertiary/aromatic N) is 2. The van der Waals surface area contributed by atoms with E-state index in [1.807, 2.05) is 58.0 Å². The van der Waals surface area contributed by atoms with Gasteiger partial charge in [-0.05, 0) is 32.8 Å². The lowest BCUT2D eigenvalue weighted by Gasteiger charge is -2.30. The van der Waals surface area contributed by atoms with Gasteiger partial charge < -0.3 is 10.2 Å². The summed E-state index contributed by atoms with van der Waals surface area (Å²) in [6, 6.07) is 9.66. The molecule has 0 aliphatic rings. The summed E-state index contributed by atoms with van der Waals surface area (Å²) in [5.41, 5.74) is 0.983. The van der Waals surface area contributed by atoms with E-state index in [4.69, 9.17) is 0 Å². The number of amides is 2. The van der Waals surface area contributed by atoms with Crippen LogP contribution < -0.4 is 5.32 Å². The summed E-state index contributed by atoms with van der Waals surface area (Å²) in [4.78, 5) is 32.2. The van der Waals surface area contributed by atoms with E-state index in [2.05, 4.69) is 10.3 Å². The Morgan fingerprint density at radius 1 is 1.24 bits per heavy atom. The average molecular weight is 359 g/mol. The predicted octanol–water partition coefficient (Wildman–Crippen LogP) is 3.82. The first-order valence-corrected chi connectivity index (χ1v) is 9.31. The summed E-state index contributed by atoms with van der Waals surface area (Å²) in [6.45, 7) is 7.81. The van der Waals surface area contributed by atoms with Gasteiger partial charge in [0.2, 0.25) is 11.8 Å². The molecule has 2 amide bonds. The lowest BCUT2D eigenvalue weighted by atomic mass is 9.94. The van der Waals surface area contributed by atoms with Gasteiger partial charge in [0.05, 0.1) is 5.92 Å². The predicted molar refractivity (Wildman–Crippen MR) is 102 cm³/mol. The molecule has 25 heavy (non-hydrogen) atoms. The minimum atomic E-state index is -0.237. The zero-order valence-electron chi connectivity index (χ0n) is 15.2. The zero-order chi connectivity index (χ0) is 18.4. The van der Waals surface area contributed by atoms with Crippen molar-refractivity contribution < 1.29 is 9.59 Å². The highest BCUT2D eigenvalue weighted by molar-refractivity contribution is 7.15. The minimum absolute atomic E-state index is 0.0193. The molecular formula is C19H25N3O2S. The second-order valence-corrected chi connectivity index (χ2v) is 7.49. The van der Waals surface area contributed by atoms with Crippen molar-refractivity contribution in [3.63, 3.8) is 0 Å². The van der Waals surface area contributed by atoms with Crippen LogP contribution in [0.4, 0.5) is 5.13 Å². The van der Waals surface area contributed by atoms with Crippen LogP contribution in [-0.4, -0.2) is 34.3 Å². The van der Waals surface area contributed by atoms with Gasteiger partial charge in [-0.2, -0.15) is 0 Å². The van der Waals surface area contributed by atoms with Crippen molar-refractivity contribution in [3.05, 3.63) is 47.0 Å². The fraction of sp³-hybridized carbons (Fsp3) is 0.421. The van der Waals surface area contributed by atoms with Gasteiger partial charge in [0.25, 0.3) is 0 Å². The molecule has 1 aromatic heterocycles. The Hall–Kier alpha value is -2.21. The van der Waals surface area contributed by atoms with Gasteiger partial charge in [-0.3, -0.25) is 9.59 Å². The van der Waals surface area contributed by atoms with E-state index >= 15 is 0 Å². The molecule has 0 saturated carbocycles. The van der Waals surface area contributed by atoms with E-state index in [0.29, 0.717) is 11.6 Å². The van der Waals surface area contributed by atoms with E-state index in [9.17, 15) is 9.59 Å². The molecule has 2 aromatic rings. The third-order valence-electron chi connectivity index (χ3n) is 4.00. The van der Waals surface area contributed by atoms with Crippen LogP contribution in [0.3, 0.4) is 0 Å². The van der Waals surface area contributed by atoms with Crippen LogP contribution in [0, 0.1) is 6.92 Å². The Bertz CT molecular complexity index is 712. The molecule has 0 radical (unpaired) electrons. The fourth-order valence-electron chi connectivity index (χ4n) is 2.68. The second kappa shape index (κ2) is 8.76. The molecule has 1 N–H and O–H groups in total. The molecule has 0 fully saturated rings. The maximum Gasteiger partial charge on any atom is 0.245 e. The molecule has 2 rings (SSSR count). The Kier molecular flexibility index (Phi) is 6.70. The number of benzene rings is 1. The number of anilines is 1. The van der Waals surface area contributed by atoms with Gasteiger partial charge >= 0.3 is 0 Å². The first-order valence-electron chi connectivity index (χ1n) is 8.50. The molecule has 6 heteroatoms. The first-order chi connectivity index (χ1) is 11.9. The summed E-state index contributed by atoms with van der Waals surface area (Å²) < 4.78 is 0. The highest BCUT2D eigenvalue weighted by atomic mass is 32.1. The maximum atomic E-state index is 13.0. The monoisotopic (exact) mass is 359 g/mol. The van der Waals surface area contributed by atoms with Crippen LogP contribution in [0.5, 0.6) is 0 Å². The third kappa shape index (κ3) is 5.13. The van der Waals surface area contributed by atoms with Crippen molar-refractivity contribution in [1.82, 2.24) is 9.88 Å². The topological polar surface area (TPSA) is 62.3 Å². The Labute approximate surface area is 153 Å². The molecule has 1 heterocycles. The standard InChI is InChI=1S/C19H25N3O2S/c1-5-16(15-9-7-6-8-10-15)18(24)22(13(2)3)12-17(23)21-19-20-11-14(4)25-19/h6-11,13,16H,5,12H2,1-4H3,(H,20,21,23). The number of nitrogens with one attached hydrogen (secondary N) is 1. The van der Waals surface area contributed by atoms with Crippen molar-refractivity contribution in [1.29, 1.82) is 0 Å². The molecule has 1 atom stereocenters. The van der Waals surface area contributed by atoms with Crippen molar-refractivity contribution in [2.75, 3.05) is 11.9 Å². The molecule has 134 valence electrons. The lowest BCUT2D eigenvalue weighted by Crippen LogP contribution is -2.44. The second-order valence-electron chi connectivity index (χ2n) is 6.26. The number of carbonyl (C=O) groups is 2. The van der Waals surface area contributed by atoms with Gasteiger partial charge in [-0.15, -0.1) is 11.3 Å². The summed E-state index contributed by atoms with van der Waals surface area (Å²) in [5.74, 6) is -0.480. The van der Waals surface area contributed by atoms with E-state index < -0.39 is 0 Å². The molecule has 1 aromatic carbocycles. The fourth-order valence-corrected chi connectivity index (χ4v) is 3.36. The van der Waals surface area contributed by atoms with Gasteiger partial charge in [0.15, 0.2) is 5.13 Å². The van der Waals surface area contributed by atoms with Crippen LogP contribution in [0.2, 0.25) is 0 Å². The van der Waals surface area contributed by atoms with Crippen molar-refractivity contribution in [3.8, 4) is 0 Å². The third-order valence-corrected chi connectivity index (χ3v) is 4.82. The van der Waals surface area contributed by atoms with Crippen LogP contribution in [-0.2, 0) is 9.59 Å². The van der Waals surface area contributed by atoms with E-state index in [-0.39, 0.29) is 30.3 Å². The van der Waals surface area contributed by atoms with Gasteiger partial charge in [-0.1, -0.05) is 37.3 Å². The molecule has 0 aliphatic heterocycles. The normalized spacial score (nSPS) is 12.0. The minimum Gasteiger partial charge on any atom is -0.330 e. The molecule has 0 aliphatic carbocycles. The van der Waals surface area contributed by atoms with Crippen LogP contribution in [0.25, 0.3) is 0 Å². The van der Waals surface area contributed by atoms with E-state index in [1.165, 1.54) is 11.3 Å². The van der Waals surface area contributed by atoms with Gasteiger partial charge in [-0.25, -0.2) is 4.98 Å². The number of rotatable bonds is 7. The SMILES string of the molecule is CCC(C(=O)N(CC(=O)Nc1ncc(C)s1)C(C)C)c1ccccc1. The highest BCUT2D eigenvalue weighted by Crippen LogP contribution is 2.23.